The topological polar surface area (TPSA) is 77.8 Å². The molecule has 1 aliphatic heterocycles. The van der Waals surface area contributed by atoms with Crippen LogP contribution in [-0.4, -0.2) is 64.3 Å². The van der Waals surface area contributed by atoms with Gasteiger partial charge in [-0.2, -0.15) is 4.52 Å². The second-order valence-electron chi connectivity index (χ2n) is 10.3. The van der Waals surface area contributed by atoms with Gasteiger partial charge in [-0.25, -0.2) is 9.78 Å². The van der Waals surface area contributed by atoms with Crippen molar-refractivity contribution in [2.75, 3.05) is 42.9 Å². The summed E-state index contributed by atoms with van der Waals surface area (Å²) in [6.07, 6.45) is 5.94. The van der Waals surface area contributed by atoms with E-state index in [2.05, 4.69) is 60.6 Å². The Kier molecular flexibility index (Phi) is 7.13. The van der Waals surface area contributed by atoms with Crippen molar-refractivity contribution >= 4 is 33.3 Å². The van der Waals surface area contributed by atoms with Gasteiger partial charge in [-0.1, -0.05) is 61.8 Å². The number of carbonyl (C=O) groups is 1. The molecule has 0 unspecified atom stereocenters. The lowest BCUT2D eigenvalue weighted by atomic mass is 10.1. The molecule has 3 aromatic rings. The van der Waals surface area contributed by atoms with Crippen LogP contribution in [0.25, 0.3) is 16.2 Å². The first-order valence-corrected chi connectivity index (χ1v) is 13.8. The number of amides is 2. The van der Waals surface area contributed by atoms with E-state index in [1.165, 1.54) is 31.2 Å². The highest BCUT2D eigenvalue weighted by Crippen LogP contribution is 2.35. The molecule has 2 amide bonds. The molecule has 8 nitrogen and oxygen atoms in total. The molecule has 0 radical (unpaired) electrons. The molecule has 0 spiro atoms. The molecule has 0 atom stereocenters. The molecule has 1 aliphatic carbocycles. The molecule has 2 aromatic heterocycles. The molecule has 2 fully saturated rings. The molecule has 2 N–H and O–H groups in total. The van der Waals surface area contributed by atoms with Gasteiger partial charge in [0.05, 0.1) is 0 Å². The van der Waals surface area contributed by atoms with Crippen LogP contribution in [0.5, 0.6) is 0 Å². The normalized spacial score (nSPS) is 17.0. The third-order valence-electron chi connectivity index (χ3n) is 7.02. The minimum absolute atomic E-state index is 0.0464. The van der Waals surface area contributed by atoms with Crippen molar-refractivity contribution < 1.29 is 4.79 Å². The average molecular weight is 496 g/mol. The van der Waals surface area contributed by atoms with E-state index in [1.54, 1.807) is 11.3 Å². The summed E-state index contributed by atoms with van der Waals surface area (Å²) >= 11 is 1.63. The molecule has 188 valence electrons. The van der Waals surface area contributed by atoms with Crippen LogP contribution in [0.1, 0.15) is 51.5 Å². The first-order chi connectivity index (χ1) is 17.0. The molecule has 0 bridgehead atoms. The van der Waals surface area contributed by atoms with Crippen LogP contribution in [0.3, 0.4) is 0 Å². The number of rotatable bonds is 7. The van der Waals surface area contributed by atoms with Crippen molar-refractivity contribution in [2.24, 2.45) is 5.92 Å². The minimum Gasteiger partial charge on any atom is -0.365 e. The van der Waals surface area contributed by atoms with Crippen LogP contribution in [-0.2, 0) is 0 Å². The molecule has 1 saturated carbocycles. The fraction of sp³-hybridized carbons (Fsp3) is 0.577. The van der Waals surface area contributed by atoms with Crippen molar-refractivity contribution in [1.29, 1.82) is 0 Å². The number of urea groups is 1. The van der Waals surface area contributed by atoms with E-state index in [1.807, 2.05) is 9.42 Å². The summed E-state index contributed by atoms with van der Waals surface area (Å²) in [7, 11) is 0. The van der Waals surface area contributed by atoms with Crippen molar-refractivity contribution in [1.82, 2.24) is 24.8 Å². The third-order valence-corrected chi connectivity index (χ3v) is 7.98. The summed E-state index contributed by atoms with van der Waals surface area (Å²) in [6, 6.07) is 9.05. The summed E-state index contributed by atoms with van der Waals surface area (Å²) in [5.74, 6) is 1.60. The standard InChI is InChI=1S/C26H37N7OS/c1-18(2)11-12-27-24(34)31-13-15-32(16-14-31)26-30-33-23(28-21-9-4-5-10-21)22(29-25(33)35-26)20-8-6-7-19(3)17-20/h6-8,17-18,21,28H,4-5,9-16H2,1-3H3,(H,27,34). The number of imidazole rings is 1. The second-order valence-corrected chi connectivity index (χ2v) is 11.2. The fourth-order valence-corrected chi connectivity index (χ4v) is 5.89. The zero-order valence-corrected chi connectivity index (χ0v) is 21.9. The lowest BCUT2D eigenvalue weighted by Gasteiger charge is -2.34. The maximum Gasteiger partial charge on any atom is 0.317 e. The lowest BCUT2D eigenvalue weighted by Crippen LogP contribution is -2.52. The summed E-state index contributed by atoms with van der Waals surface area (Å²) < 4.78 is 2.00. The largest absolute Gasteiger partial charge is 0.365 e. The van der Waals surface area contributed by atoms with Gasteiger partial charge in [0, 0.05) is 44.3 Å². The van der Waals surface area contributed by atoms with Crippen LogP contribution in [0, 0.1) is 12.8 Å². The summed E-state index contributed by atoms with van der Waals surface area (Å²) in [6.45, 7) is 10.2. The smallest absolute Gasteiger partial charge is 0.317 e. The minimum atomic E-state index is 0.0464. The van der Waals surface area contributed by atoms with E-state index < -0.39 is 0 Å². The number of piperazine rings is 1. The van der Waals surface area contributed by atoms with Gasteiger partial charge in [0.15, 0.2) is 5.82 Å². The lowest BCUT2D eigenvalue weighted by molar-refractivity contribution is 0.194. The van der Waals surface area contributed by atoms with Gasteiger partial charge in [-0.3, -0.25) is 0 Å². The number of hydrogen-bond donors (Lipinski definition) is 2. The first kappa shape index (κ1) is 23.9. The van der Waals surface area contributed by atoms with Gasteiger partial charge < -0.3 is 20.4 Å². The van der Waals surface area contributed by atoms with Gasteiger partial charge in [-0.05, 0) is 38.2 Å². The van der Waals surface area contributed by atoms with Crippen molar-refractivity contribution in [2.45, 2.75) is 58.9 Å². The van der Waals surface area contributed by atoms with Crippen molar-refractivity contribution in [3.63, 3.8) is 0 Å². The van der Waals surface area contributed by atoms with E-state index in [0.717, 1.165) is 53.2 Å². The monoisotopic (exact) mass is 495 g/mol. The number of anilines is 2. The van der Waals surface area contributed by atoms with Crippen LogP contribution in [0.15, 0.2) is 24.3 Å². The predicted octanol–water partition coefficient (Wildman–Crippen LogP) is 5.00. The van der Waals surface area contributed by atoms with Gasteiger partial charge >= 0.3 is 6.03 Å². The number of carbonyl (C=O) groups excluding carboxylic acids is 1. The molecule has 9 heteroatoms. The number of nitrogens with one attached hydrogen (secondary N) is 2. The van der Waals surface area contributed by atoms with Gasteiger partial charge in [-0.15, -0.1) is 5.10 Å². The SMILES string of the molecule is Cc1cccc(-c2nc3sc(N4CCN(C(=O)NCCC(C)C)CC4)nn3c2NC2CCCC2)c1. The van der Waals surface area contributed by atoms with Crippen molar-refractivity contribution in [3.05, 3.63) is 29.8 Å². The Hall–Kier alpha value is -2.81. The van der Waals surface area contributed by atoms with Crippen LogP contribution < -0.4 is 15.5 Å². The number of hydrogen-bond acceptors (Lipinski definition) is 6. The Balaban J connectivity index is 1.32. The van der Waals surface area contributed by atoms with E-state index in [-0.39, 0.29) is 6.03 Å². The molecule has 2 aliphatic rings. The van der Waals surface area contributed by atoms with Gasteiger partial charge in [0.25, 0.3) is 0 Å². The number of aryl methyl sites for hydroxylation is 1. The Morgan fingerprint density at radius 2 is 1.94 bits per heavy atom. The van der Waals surface area contributed by atoms with E-state index >= 15 is 0 Å². The average Bonchev–Trinajstić information content (AvgIpc) is 3.57. The third kappa shape index (κ3) is 5.39. The Morgan fingerprint density at radius 3 is 2.66 bits per heavy atom. The van der Waals surface area contributed by atoms with Crippen LogP contribution in [0.4, 0.5) is 15.7 Å². The maximum absolute atomic E-state index is 12.5. The zero-order chi connectivity index (χ0) is 24.4. The first-order valence-electron chi connectivity index (χ1n) is 13.0. The van der Waals surface area contributed by atoms with Gasteiger partial charge in [0.1, 0.15) is 5.69 Å². The molecular weight excluding hydrogens is 458 g/mol. The van der Waals surface area contributed by atoms with Crippen molar-refractivity contribution in [3.8, 4) is 11.3 Å². The maximum atomic E-state index is 12.5. The summed E-state index contributed by atoms with van der Waals surface area (Å²) in [5, 5.41) is 12.8. The number of benzene rings is 1. The summed E-state index contributed by atoms with van der Waals surface area (Å²) in [4.78, 5) is 22.6. The van der Waals surface area contributed by atoms with E-state index in [9.17, 15) is 4.79 Å². The molecule has 1 aromatic carbocycles. The Labute approximate surface area is 211 Å². The number of aromatic nitrogens is 3. The zero-order valence-electron chi connectivity index (χ0n) is 21.1. The highest BCUT2D eigenvalue weighted by Gasteiger charge is 2.26. The number of fused-ring (bicyclic) bond motifs is 1. The predicted molar refractivity (Wildman–Crippen MR) is 144 cm³/mol. The van der Waals surface area contributed by atoms with Crippen LogP contribution in [0.2, 0.25) is 0 Å². The van der Waals surface area contributed by atoms with E-state index in [0.29, 0.717) is 25.0 Å². The molecule has 5 rings (SSSR count). The summed E-state index contributed by atoms with van der Waals surface area (Å²) in [5.41, 5.74) is 3.33. The quantitative estimate of drug-likeness (QED) is 0.482. The molecule has 3 heterocycles. The molecule has 35 heavy (non-hydrogen) atoms. The highest BCUT2D eigenvalue weighted by molar-refractivity contribution is 7.20. The van der Waals surface area contributed by atoms with E-state index in [4.69, 9.17) is 10.1 Å². The Bertz CT molecular complexity index is 1160. The molecule has 1 saturated heterocycles. The van der Waals surface area contributed by atoms with Gasteiger partial charge in [0.2, 0.25) is 10.1 Å². The molecular formula is C26H37N7OS. The highest BCUT2D eigenvalue weighted by atomic mass is 32.1. The Morgan fingerprint density at radius 1 is 1.17 bits per heavy atom. The number of nitrogens with zero attached hydrogens (tertiary/aromatic N) is 5. The van der Waals surface area contributed by atoms with Crippen LogP contribution >= 0.6 is 11.3 Å². The second kappa shape index (κ2) is 10.4. The fourth-order valence-electron chi connectivity index (χ4n) is 4.93.